The maximum absolute atomic E-state index is 13.0. The van der Waals surface area contributed by atoms with E-state index in [-0.39, 0.29) is 10.8 Å². The van der Waals surface area contributed by atoms with Crippen molar-refractivity contribution in [3.05, 3.63) is 57.9 Å². The summed E-state index contributed by atoms with van der Waals surface area (Å²) in [5.74, 6) is -0.369. The van der Waals surface area contributed by atoms with Gasteiger partial charge in [-0.1, -0.05) is 30.2 Å². The van der Waals surface area contributed by atoms with Gasteiger partial charge in [0.2, 0.25) is 10.0 Å². The maximum atomic E-state index is 13.0. The topological polar surface area (TPSA) is 71.7 Å². The molecule has 1 aromatic heterocycles. The van der Waals surface area contributed by atoms with E-state index >= 15 is 0 Å². The van der Waals surface area contributed by atoms with Crippen LogP contribution in [0.3, 0.4) is 0 Å². The van der Waals surface area contributed by atoms with Gasteiger partial charge in [0.1, 0.15) is 0 Å². The summed E-state index contributed by atoms with van der Waals surface area (Å²) in [6.45, 7) is 7.99. The predicted octanol–water partition coefficient (Wildman–Crippen LogP) is 4.65. The Labute approximate surface area is 193 Å². The Morgan fingerprint density at radius 3 is 2.31 bits per heavy atom. The fourth-order valence-electron chi connectivity index (χ4n) is 4.26. The van der Waals surface area contributed by atoms with Crippen LogP contribution >= 0.6 is 11.3 Å². The van der Waals surface area contributed by atoms with Crippen LogP contribution in [-0.2, 0) is 16.6 Å². The van der Waals surface area contributed by atoms with Crippen molar-refractivity contribution >= 4 is 37.5 Å². The number of carbonyl (C=O) groups excluding carboxylic acids is 1. The van der Waals surface area contributed by atoms with Crippen molar-refractivity contribution in [2.45, 2.75) is 57.9 Å². The molecular weight excluding hydrogens is 442 g/mol. The molecule has 0 unspecified atom stereocenters. The van der Waals surface area contributed by atoms with E-state index in [0.29, 0.717) is 30.0 Å². The number of rotatable bonds is 4. The van der Waals surface area contributed by atoms with Gasteiger partial charge in [0.25, 0.3) is 5.91 Å². The highest BCUT2D eigenvalue weighted by Crippen LogP contribution is 2.24. The van der Waals surface area contributed by atoms with Gasteiger partial charge < -0.3 is 4.57 Å². The zero-order valence-electron chi connectivity index (χ0n) is 18.8. The number of carbonyl (C=O) groups is 1. The molecule has 4 rings (SSSR count). The highest BCUT2D eigenvalue weighted by molar-refractivity contribution is 7.89. The van der Waals surface area contributed by atoms with Gasteiger partial charge in [0, 0.05) is 25.2 Å². The first-order chi connectivity index (χ1) is 15.3. The van der Waals surface area contributed by atoms with Crippen molar-refractivity contribution in [1.29, 1.82) is 0 Å². The number of benzene rings is 2. The summed E-state index contributed by atoms with van der Waals surface area (Å²) >= 11 is 1.51. The molecule has 6 nitrogen and oxygen atoms in total. The van der Waals surface area contributed by atoms with Gasteiger partial charge in [-0.3, -0.25) is 4.79 Å². The number of aryl methyl sites for hydroxylation is 3. The first-order valence-electron chi connectivity index (χ1n) is 11.1. The molecule has 8 heteroatoms. The van der Waals surface area contributed by atoms with Crippen molar-refractivity contribution in [1.82, 2.24) is 8.87 Å². The molecule has 0 radical (unpaired) electrons. The highest BCUT2D eigenvalue weighted by Gasteiger charge is 2.25. The summed E-state index contributed by atoms with van der Waals surface area (Å²) in [7, 11) is -3.53. The lowest BCUT2D eigenvalue weighted by molar-refractivity contribution is 0.0997. The Hall–Kier alpha value is -2.29. The third kappa shape index (κ3) is 4.44. The van der Waals surface area contributed by atoms with Crippen LogP contribution in [0.1, 0.15) is 54.1 Å². The summed E-state index contributed by atoms with van der Waals surface area (Å²) in [6.07, 6.45) is 3.91. The van der Waals surface area contributed by atoms with Gasteiger partial charge in [-0.15, -0.1) is 0 Å². The lowest BCUT2D eigenvalue weighted by Crippen LogP contribution is -2.31. The van der Waals surface area contributed by atoms with Crippen LogP contribution in [0.25, 0.3) is 10.2 Å². The van der Waals surface area contributed by atoms with Crippen molar-refractivity contribution < 1.29 is 13.2 Å². The zero-order chi connectivity index (χ0) is 22.9. The van der Waals surface area contributed by atoms with E-state index in [1.165, 1.54) is 34.6 Å². The normalized spacial score (nSPS) is 16.4. The molecule has 0 atom stereocenters. The monoisotopic (exact) mass is 471 g/mol. The zero-order valence-corrected chi connectivity index (χ0v) is 20.4. The molecule has 2 heterocycles. The van der Waals surface area contributed by atoms with E-state index in [1.54, 1.807) is 16.4 Å². The Morgan fingerprint density at radius 2 is 1.69 bits per heavy atom. The van der Waals surface area contributed by atoms with Gasteiger partial charge in [-0.25, -0.2) is 8.42 Å². The minimum atomic E-state index is -3.53. The molecular formula is C24H29N3O3S2. The third-order valence-electron chi connectivity index (χ3n) is 5.93. The number of hydrogen-bond donors (Lipinski definition) is 0. The van der Waals surface area contributed by atoms with Crippen LogP contribution in [-0.4, -0.2) is 36.3 Å². The first kappa shape index (κ1) is 22.9. The summed E-state index contributed by atoms with van der Waals surface area (Å²) in [5.41, 5.74) is 3.81. The number of amides is 1. The molecule has 0 spiro atoms. The first-order valence-corrected chi connectivity index (χ1v) is 13.4. The summed E-state index contributed by atoms with van der Waals surface area (Å²) < 4.78 is 30.7. The second-order valence-corrected chi connectivity index (χ2v) is 11.2. The van der Waals surface area contributed by atoms with E-state index in [4.69, 9.17) is 0 Å². The number of aromatic nitrogens is 1. The van der Waals surface area contributed by atoms with Crippen LogP contribution in [0.4, 0.5) is 0 Å². The number of thiazole rings is 1. The second-order valence-electron chi connectivity index (χ2n) is 8.32. The van der Waals surface area contributed by atoms with Crippen molar-refractivity contribution in [3.63, 3.8) is 0 Å². The number of sulfonamides is 1. The summed E-state index contributed by atoms with van der Waals surface area (Å²) in [5, 5.41) is 0. The smallest absolute Gasteiger partial charge is 0.279 e. The average molecular weight is 472 g/mol. The molecule has 170 valence electrons. The van der Waals surface area contributed by atoms with E-state index in [2.05, 4.69) is 35.5 Å². The van der Waals surface area contributed by atoms with Gasteiger partial charge in [0.05, 0.1) is 15.1 Å². The molecule has 1 aliphatic rings. The van der Waals surface area contributed by atoms with Crippen LogP contribution < -0.4 is 4.80 Å². The Morgan fingerprint density at radius 1 is 1.03 bits per heavy atom. The fourth-order valence-corrected chi connectivity index (χ4v) is 6.91. The number of nitrogens with zero attached hydrogens (tertiary/aromatic N) is 3. The minimum Gasteiger partial charge on any atom is -0.317 e. The SMILES string of the molecule is CCn1c(=NC(=O)c2ccc(S(=O)(=O)N3CCCCCC3)cc2)sc2c(C)cc(C)cc21. The fraction of sp³-hybridized carbons (Fsp3) is 0.417. The molecule has 0 N–H and O–H groups in total. The van der Waals surface area contributed by atoms with E-state index in [1.807, 2.05) is 6.92 Å². The Bertz CT molecular complexity index is 1310. The molecule has 1 saturated heterocycles. The molecule has 0 aliphatic carbocycles. The summed E-state index contributed by atoms with van der Waals surface area (Å²) in [6, 6.07) is 10.4. The Kier molecular flexibility index (Phi) is 6.65. The largest absolute Gasteiger partial charge is 0.317 e. The molecule has 0 bridgehead atoms. The second kappa shape index (κ2) is 9.29. The molecule has 2 aromatic carbocycles. The van der Waals surface area contributed by atoms with Gasteiger partial charge in [-0.2, -0.15) is 9.30 Å². The van der Waals surface area contributed by atoms with Gasteiger partial charge >= 0.3 is 0 Å². The maximum Gasteiger partial charge on any atom is 0.279 e. The average Bonchev–Trinajstić information content (AvgIpc) is 2.93. The highest BCUT2D eigenvalue weighted by atomic mass is 32.2. The molecule has 0 saturated carbocycles. The third-order valence-corrected chi connectivity index (χ3v) is 9.07. The molecule has 1 fully saturated rings. The van der Waals surface area contributed by atoms with Gasteiger partial charge in [0.15, 0.2) is 4.80 Å². The van der Waals surface area contributed by atoms with Crippen LogP contribution in [0.5, 0.6) is 0 Å². The lowest BCUT2D eigenvalue weighted by atomic mass is 10.1. The van der Waals surface area contributed by atoms with E-state index < -0.39 is 10.0 Å². The van der Waals surface area contributed by atoms with E-state index in [0.717, 1.165) is 35.9 Å². The van der Waals surface area contributed by atoms with Crippen molar-refractivity contribution in [2.24, 2.45) is 4.99 Å². The van der Waals surface area contributed by atoms with Crippen LogP contribution in [0.2, 0.25) is 0 Å². The molecule has 1 aliphatic heterocycles. The number of fused-ring (bicyclic) bond motifs is 1. The molecule has 32 heavy (non-hydrogen) atoms. The molecule has 3 aromatic rings. The lowest BCUT2D eigenvalue weighted by Gasteiger charge is -2.19. The van der Waals surface area contributed by atoms with E-state index in [9.17, 15) is 13.2 Å². The molecule has 1 amide bonds. The van der Waals surface area contributed by atoms with Crippen LogP contribution in [0.15, 0.2) is 46.3 Å². The number of hydrogen-bond acceptors (Lipinski definition) is 4. The Balaban J connectivity index is 1.65. The van der Waals surface area contributed by atoms with Crippen molar-refractivity contribution in [3.8, 4) is 0 Å². The standard InChI is InChI=1S/C24H29N3O3S2/c1-4-27-21-16-17(2)15-18(3)22(21)31-24(27)25-23(28)19-9-11-20(12-10-19)32(29,30)26-13-7-5-6-8-14-26/h9-12,15-16H,4-8,13-14H2,1-3H3. The minimum absolute atomic E-state index is 0.229. The van der Waals surface area contributed by atoms with Gasteiger partial charge in [-0.05, 0) is 75.1 Å². The quantitative estimate of drug-likeness (QED) is 0.556. The van der Waals surface area contributed by atoms with Crippen molar-refractivity contribution in [2.75, 3.05) is 13.1 Å². The predicted molar refractivity (Wildman–Crippen MR) is 129 cm³/mol. The van der Waals surface area contributed by atoms with Crippen LogP contribution in [0, 0.1) is 13.8 Å². The summed E-state index contributed by atoms with van der Waals surface area (Å²) in [4.78, 5) is 18.2.